The molecular formula is C26H29NO5U. The number of hydrogen-bond donors (Lipinski definition) is 3. The smallest absolute Gasteiger partial charge is 0.463 e. The van der Waals surface area contributed by atoms with Crippen LogP contribution in [0.4, 0.5) is 0 Å². The van der Waals surface area contributed by atoms with Crippen molar-refractivity contribution in [1.82, 2.24) is 4.98 Å². The van der Waals surface area contributed by atoms with E-state index in [-0.39, 0.29) is 43.3 Å². The Balaban J connectivity index is 0.000000324. The van der Waals surface area contributed by atoms with E-state index in [4.69, 9.17) is 4.74 Å². The first-order valence-electron chi connectivity index (χ1n) is 10.5. The maximum absolute atomic E-state index is 12.0. The van der Waals surface area contributed by atoms with Crippen LogP contribution in [0, 0.1) is 44.1 Å². The van der Waals surface area contributed by atoms with Gasteiger partial charge in [-0.2, -0.15) is 30.7 Å². The summed E-state index contributed by atoms with van der Waals surface area (Å²) >= 11 is 0. The van der Waals surface area contributed by atoms with Crippen LogP contribution in [0.2, 0.25) is 0 Å². The molecule has 172 valence electrons. The van der Waals surface area contributed by atoms with E-state index in [1.807, 2.05) is 48.5 Å². The first kappa shape index (κ1) is 28.9. The second-order valence-electron chi connectivity index (χ2n) is 7.18. The zero-order chi connectivity index (χ0) is 23.3. The van der Waals surface area contributed by atoms with Gasteiger partial charge in [-0.05, 0) is 18.4 Å². The molecule has 2 atom stereocenters. The Bertz CT molecular complexity index is 1050. The fourth-order valence-electron chi connectivity index (χ4n) is 3.04. The van der Waals surface area contributed by atoms with Gasteiger partial charge in [0.15, 0.2) is 0 Å². The number of nitrogens with one attached hydrogen (secondary N) is 1. The number of aliphatic hydroxyl groups excluding tert-OH is 2. The average Bonchev–Trinajstić information content (AvgIpc) is 2.82. The van der Waals surface area contributed by atoms with E-state index in [2.05, 4.69) is 24.6 Å². The molecule has 6 nitrogen and oxygen atoms in total. The topological polar surface area (TPSA) is 99.6 Å². The number of ether oxygens (including phenoxy) is 1. The molecule has 0 bridgehead atoms. The molecular weight excluding hydrogens is 644 g/mol. The average molecular weight is 674 g/mol. The number of aromatic amines is 1. The van der Waals surface area contributed by atoms with E-state index < -0.39 is 18.2 Å². The zero-order valence-corrected chi connectivity index (χ0v) is 22.7. The Morgan fingerprint density at radius 2 is 1.88 bits per heavy atom. The van der Waals surface area contributed by atoms with Crippen molar-refractivity contribution in [1.29, 1.82) is 0 Å². The fourth-order valence-corrected chi connectivity index (χ4v) is 3.04. The molecule has 0 fully saturated rings. The molecule has 0 aliphatic heterocycles. The number of carbonyl (C=O) groups is 1. The van der Waals surface area contributed by atoms with Gasteiger partial charge < -0.3 is 26.9 Å². The van der Waals surface area contributed by atoms with E-state index in [9.17, 15) is 19.8 Å². The van der Waals surface area contributed by atoms with Gasteiger partial charge in [-0.25, -0.2) is 4.79 Å². The molecule has 1 heterocycles. The van der Waals surface area contributed by atoms with E-state index in [1.54, 1.807) is 6.07 Å². The van der Waals surface area contributed by atoms with Gasteiger partial charge in [0.25, 0.3) is 0 Å². The number of carbonyl (C=O) groups excluding carboxylic acids is 1. The fraction of sp³-hybridized carbons (Fsp3) is 0.269. The molecule has 2 unspecified atom stereocenters. The Hall–Kier alpha value is -2.17. The van der Waals surface area contributed by atoms with Crippen LogP contribution in [-0.2, 0) is 9.53 Å². The van der Waals surface area contributed by atoms with Gasteiger partial charge in [0, 0.05) is 11.6 Å². The number of benzene rings is 2. The van der Waals surface area contributed by atoms with Crippen LogP contribution in [0.1, 0.15) is 25.7 Å². The quantitative estimate of drug-likeness (QED) is 0.139. The molecule has 0 amide bonds. The van der Waals surface area contributed by atoms with Crippen molar-refractivity contribution >= 4 is 16.9 Å². The van der Waals surface area contributed by atoms with Gasteiger partial charge in [-0.3, -0.25) is 4.79 Å². The second kappa shape index (κ2) is 15.6. The first-order chi connectivity index (χ1) is 15.5. The molecule has 3 N–H and O–H groups in total. The molecule has 0 spiro atoms. The van der Waals surface area contributed by atoms with Crippen LogP contribution in [0.3, 0.4) is 0 Å². The Morgan fingerprint density at radius 3 is 2.55 bits per heavy atom. The van der Waals surface area contributed by atoms with Gasteiger partial charge in [0.05, 0.1) is 18.8 Å². The van der Waals surface area contributed by atoms with Crippen molar-refractivity contribution in [2.24, 2.45) is 0 Å². The van der Waals surface area contributed by atoms with Crippen LogP contribution in [0.15, 0.2) is 72.0 Å². The molecule has 0 aliphatic carbocycles. The second-order valence-corrected chi connectivity index (χ2v) is 7.18. The van der Waals surface area contributed by atoms with Crippen LogP contribution in [-0.4, -0.2) is 40.0 Å². The molecule has 0 aliphatic rings. The van der Waals surface area contributed by atoms with Crippen molar-refractivity contribution in [3.05, 3.63) is 90.6 Å². The summed E-state index contributed by atoms with van der Waals surface area (Å²) in [4.78, 5) is 25.5. The molecule has 3 rings (SSSR count). The van der Waals surface area contributed by atoms with Crippen LogP contribution >= 0.6 is 0 Å². The summed E-state index contributed by atoms with van der Waals surface area (Å²) in [6, 6.07) is 20.1. The standard InChI is InChI=1S/C15H10NO.C11H19O4.U/c17-15-13(11-6-2-1-3-7-11)10-12-8-4-5-9-14(12)16-15;1-3-6-9(12)10(13)7-5-8-15-11(14)4-2;/h1-4,6-10H,(H,16,17);4,9-10,12-13H,1-3,5-8H2;/q2*-1;+2. The number of rotatable bonds is 9. The summed E-state index contributed by atoms with van der Waals surface area (Å²) in [6.45, 7) is 7.08. The zero-order valence-electron chi connectivity index (χ0n) is 18.5. The summed E-state index contributed by atoms with van der Waals surface area (Å²) in [7, 11) is 0. The molecule has 2 aromatic carbocycles. The number of esters is 1. The van der Waals surface area contributed by atoms with Crippen LogP contribution < -0.4 is 5.56 Å². The maximum atomic E-state index is 12.0. The number of hydrogen-bond acceptors (Lipinski definition) is 5. The van der Waals surface area contributed by atoms with Crippen molar-refractivity contribution < 1.29 is 50.9 Å². The van der Waals surface area contributed by atoms with Gasteiger partial charge in [0.2, 0.25) is 5.56 Å². The minimum absolute atomic E-state index is 0. The van der Waals surface area contributed by atoms with E-state index in [0.29, 0.717) is 31.2 Å². The number of aromatic nitrogens is 1. The third kappa shape index (κ3) is 9.69. The number of H-pyrrole nitrogens is 1. The van der Waals surface area contributed by atoms with E-state index >= 15 is 0 Å². The van der Waals surface area contributed by atoms with Gasteiger partial charge in [0.1, 0.15) is 0 Å². The van der Waals surface area contributed by atoms with Gasteiger partial charge >= 0.3 is 37.1 Å². The van der Waals surface area contributed by atoms with Crippen LogP contribution in [0.25, 0.3) is 22.0 Å². The number of fused-ring (bicyclic) bond motifs is 1. The Morgan fingerprint density at radius 1 is 1.18 bits per heavy atom. The summed E-state index contributed by atoms with van der Waals surface area (Å²) in [5.41, 5.74) is 2.38. The molecule has 0 saturated heterocycles. The van der Waals surface area contributed by atoms with Crippen molar-refractivity contribution in [3.63, 3.8) is 0 Å². The SMILES string of the molecule is C=CC(=O)OCCCC(O)C(O)CC[CH2-].O=c1[nH]c2c[c-]ccc2cc1-c1ccccc1.[U+2]. The van der Waals surface area contributed by atoms with Gasteiger partial charge in [-0.1, -0.05) is 54.9 Å². The van der Waals surface area contributed by atoms with Crippen molar-refractivity contribution in [2.45, 2.75) is 37.9 Å². The summed E-state index contributed by atoms with van der Waals surface area (Å²) in [5, 5.41) is 19.8. The summed E-state index contributed by atoms with van der Waals surface area (Å²) in [6.07, 6.45) is 1.58. The van der Waals surface area contributed by atoms with Crippen molar-refractivity contribution in [3.8, 4) is 11.1 Å². The first-order valence-corrected chi connectivity index (χ1v) is 10.5. The molecule has 7 heteroatoms. The number of pyridine rings is 1. The summed E-state index contributed by atoms with van der Waals surface area (Å²) < 4.78 is 4.72. The van der Waals surface area contributed by atoms with Gasteiger partial charge in [-0.15, -0.1) is 5.39 Å². The minimum atomic E-state index is -0.769. The predicted octanol–water partition coefficient (Wildman–Crippen LogP) is 3.83. The van der Waals surface area contributed by atoms with Crippen LogP contribution in [0.5, 0.6) is 0 Å². The molecule has 0 saturated carbocycles. The summed E-state index contributed by atoms with van der Waals surface area (Å²) in [5.74, 6) is -0.470. The monoisotopic (exact) mass is 673 g/mol. The molecule has 3 aromatic rings. The number of aliphatic hydroxyl groups is 2. The van der Waals surface area contributed by atoms with Crippen molar-refractivity contribution in [2.75, 3.05) is 6.61 Å². The van der Waals surface area contributed by atoms with E-state index in [1.165, 1.54) is 0 Å². The third-order valence-corrected chi connectivity index (χ3v) is 4.77. The van der Waals surface area contributed by atoms with E-state index in [0.717, 1.165) is 22.5 Å². The maximum Gasteiger partial charge on any atom is 2.00 e. The normalized spacial score (nSPS) is 12.0. The molecule has 0 radical (unpaired) electrons. The molecule has 33 heavy (non-hydrogen) atoms. The Labute approximate surface area is 218 Å². The minimum Gasteiger partial charge on any atom is -0.463 e. The molecule has 1 aromatic heterocycles. The Kier molecular flexibility index (Phi) is 13.7. The third-order valence-electron chi connectivity index (χ3n) is 4.77. The predicted molar refractivity (Wildman–Crippen MR) is 126 cm³/mol. The largest absolute Gasteiger partial charge is 2.00 e.